The summed E-state index contributed by atoms with van der Waals surface area (Å²) in [7, 11) is 0. The molecule has 150 valence electrons. The number of amides is 2. The van der Waals surface area contributed by atoms with Crippen molar-refractivity contribution in [2.24, 2.45) is 5.92 Å². The summed E-state index contributed by atoms with van der Waals surface area (Å²) in [5, 5.41) is 2.64. The van der Waals surface area contributed by atoms with E-state index in [2.05, 4.69) is 21.2 Å². The highest BCUT2D eigenvalue weighted by Gasteiger charge is 2.26. The highest BCUT2D eigenvalue weighted by Crippen LogP contribution is 2.20. The maximum absolute atomic E-state index is 13.9. The normalized spacial score (nSPS) is 16.7. The maximum atomic E-state index is 13.9. The molecule has 1 aliphatic heterocycles. The molecule has 27 heavy (non-hydrogen) atoms. The van der Waals surface area contributed by atoms with Crippen LogP contribution in [-0.2, 0) is 9.53 Å². The van der Waals surface area contributed by atoms with Gasteiger partial charge in [-0.15, -0.1) is 0 Å². The van der Waals surface area contributed by atoms with E-state index in [4.69, 9.17) is 4.74 Å². The minimum absolute atomic E-state index is 0.156. The zero-order valence-corrected chi connectivity index (χ0v) is 17.6. The number of nitrogens with zero attached hydrogens (tertiary/aromatic N) is 2. The molecule has 1 fully saturated rings. The first-order valence-corrected chi connectivity index (χ1v) is 9.99. The minimum atomic E-state index is -0.486. The van der Waals surface area contributed by atoms with Gasteiger partial charge in [-0.3, -0.25) is 9.69 Å². The Bertz CT molecular complexity index is 672. The predicted octanol–water partition coefficient (Wildman–Crippen LogP) is 3.72. The van der Waals surface area contributed by atoms with Crippen LogP contribution in [0.4, 0.5) is 14.9 Å². The lowest BCUT2D eigenvalue weighted by Gasteiger charge is -2.27. The summed E-state index contributed by atoms with van der Waals surface area (Å²) >= 11 is 3.20. The fourth-order valence-electron chi connectivity index (χ4n) is 2.83. The summed E-state index contributed by atoms with van der Waals surface area (Å²) in [6.07, 6.45) is 0.445. The Morgan fingerprint density at radius 2 is 1.96 bits per heavy atom. The third-order valence-corrected chi connectivity index (χ3v) is 4.94. The molecule has 2 amide bonds. The monoisotopic (exact) mass is 443 g/mol. The highest BCUT2D eigenvalue weighted by atomic mass is 79.9. The molecule has 0 spiro atoms. The zero-order chi connectivity index (χ0) is 20.0. The fraction of sp³-hybridized carbons (Fsp3) is 0.579. The first-order valence-electron chi connectivity index (χ1n) is 9.19. The molecule has 0 saturated carbocycles. The number of anilines is 1. The van der Waals surface area contributed by atoms with E-state index >= 15 is 0 Å². The van der Waals surface area contributed by atoms with Gasteiger partial charge in [0.15, 0.2) is 0 Å². The number of nitrogens with one attached hydrogen (secondary N) is 1. The van der Waals surface area contributed by atoms with Crippen molar-refractivity contribution in [2.45, 2.75) is 33.2 Å². The molecule has 0 radical (unpaired) electrons. The molecule has 2 rings (SSSR count). The SMILES string of the molecule is CC(C)COC(=O)N1CCCN(C(C)C(=O)Nc2ccc(Br)cc2F)CC1. The number of hydrogen-bond donors (Lipinski definition) is 1. The second-order valence-corrected chi connectivity index (χ2v) is 8.05. The van der Waals surface area contributed by atoms with Gasteiger partial charge in [0.05, 0.1) is 18.3 Å². The lowest BCUT2D eigenvalue weighted by molar-refractivity contribution is -0.120. The smallest absolute Gasteiger partial charge is 0.409 e. The van der Waals surface area contributed by atoms with Crippen molar-refractivity contribution in [3.63, 3.8) is 0 Å². The number of benzene rings is 1. The first-order chi connectivity index (χ1) is 12.8. The fourth-order valence-corrected chi connectivity index (χ4v) is 3.16. The van der Waals surface area contributed by atoms with E-state index in [0.717, 1.165) is 6.42 Å². The van der Waals surface area contributed by atoms with Crippen LogP contribution in [0.3, 0.4) is 0 Å². The molecule has 1 N–H and O–H groups in total. The summed E-state index contributed by atoms with van der Waals surface area (Å²) in [5.41, 5.74) is 0.156. The summed E-state index contributed by atoms with van der Waals surface area (Å²) in [6, 6.07) is 4.08. The number of ether oxygens (including phenoxy) is 1. The molecule has 0 aliphatic carbocycles. The summed E-state index contributed by atoms with van der Waals surface area (Å²) in [6.45, 7) is 8.53. The van der Waals surface area contributed by atoms with Crippen molar-refractivity contribution in [1.82, 2.24) is 9.80 Å². The van der Waals surface area contributed by atoms with Crippen LogP contribution in [0.25, 0.3) is 0 Å². The first kappa shape index (κ1) is 21.6. The lowest BCUT2D eigenvalue weighted by atomic mass is 10.2. The zero-order valence-electron chi connectivity index (χ0n) is 16.0. The molecule has 0 aromatic heterocycles. The quantitative estimate of drug-likeness (QED) is 0.752. The standard InChI is InChI=1S/C19H27BrFN3O3/c1-13(2)12-27-19(26)24-8-4-7-23(9-10-24)14(3)18(25)22-17-6-5-15(20)11-16(17)21/h5-6,11,13-14H,4,7-10,12H2,1-3H3,(H,22,25). The Hall–Kier alpha value is -1.67. The van der Waals surface area contributed by atoms with E-state index in [1.807, 2.05) is 18.7 Å². The Morgan fingerprint density at radius 1 is 1.22 bits per heavy atom. The van der Waals surface area contributed by atoms with E-state index in [1.54, 1.807) is 17.9 Å². The van der Waals surface area contributed by atoms with Crippen LogP contribution in [-0.4, -0.2) is 60.6 Å². The molecule has 1 heterocycles. The van der Waals surface area contributed by atoms with Gasteiger partial charge < -0.3 is 15.0 Å². The Labute approximate surface area is 168 Å². The van der Waals surface area contributed by atoms with E-state index in [-0.39, 0.29) is 17.7 Å². The molecule has 1 atom stereocenters. The molecular formula is C19H27BrFN3O3. The van der Waals surface area contributed by atoms with Crippen molar-refractivity contribution in [3.8, 4) is 0 Å². The van der Waals surface area contributed by atoms with E-state index < -0.39 is 11.9 Å². The van der Waals surface area contributed by atoms with Gasteiger partial charge in [0, 0.05) is 30.7 Å². The van der Waals surface area contributed by atoms with Crippen LogP contribution < -0.4 is 5.32 Å². The van der Waals surface area contributed by atoms with Gasteiger partial charge in [0.2, 0.25) is 5.91 Å². The van der Waals surface area contributed by atoms with Crippen LogP contribution in [0.2, 0.25) is 0 Å². The van der Waals surface area contributed by atoms with E-state index in [9.17, 15) is 14.0 Å². The van der Waals surface area contributed by atoms with Gasteiger partial charge in [-0.25, -0.2) is 9.18 Å². The van der Waals surface area contributed by atoms with Crippen molar-refractivity contribution in [1.29, 1.82) is 0 Å². The van der Waals surface area contributed by atoms with Gasteiger partial charge in [-0.2, -0.15) is 0 Å². The van der Waals surface area contributed by atoms with Crippen molar-refractivity contribution >= 4 is 33.6 Å². The van der Waals surface area contributed by atoms with Crippen molar-refractivity contribution in [3.05, 3.63) is 28.5 Å². The summed E-state index contributed by atoms with van der Waals surface area (Å²) in [5.74, 6) is -0.466. The van der Waals surface area contributed by atoms with Crippen LogP contribution in [0, 0.1) is 11.7 Å². The van der Waals surface area contributed by atoms with Crippen molar-refractivity contribution in [2.75, 3.05) is 38.1 Å². The predicted molar refractivity (Wildman–Crippen MR) is 106 cm³/mol. The van der Waals surface area contributed by atoms with E-state index in [1.165, 1.54) is 12.1 Å². The highest BCUT2D eigenvalue weighted by molar-refractivity contribution is 9.10. The molecule has 1 aromatic rings. The number of halogens is 2. The number of carbonyl (C=O) groups excluding carboxylic acids is 2. The topological polar surface area (TPSA) is 61.9 Å². The average molecular weight is 444 g/mol. The van der Waals surface area contributed by atoms with Crippen LogP contribution in [0.15, 0.2) is 22.7 Å². The van der Waals surface area contributed by atoms with Crippen LogP contribution in [0.1, 0.15) is 27.2 Å². The Kier molecular flexibility index (Phi) is 8.04. The van der Waals surface area contributed by atoms with Gasteiger partial charge in [0.25, 0.3) is 0 Å². The van der Waals surface area contributed by atoms with Crippen LogP contribution >= 0.6 is 15.9 Å². The molecule has 0 bridgehead atoms. The van der Waals surface area contributed by atoms with Gasteiger partial charge in [-0.05, 0) is 37.5 Å². The maximum Gasteiger partial charge on any atom is 0.409 e. The molecular weight excluding hydrogens is 417 g/mol. The molecule has 6 nitrogen and oxygen atoms in total. The average Bonchev–Trinajstić information content (AvgIpc) is 2.87. The molecule has 1 aliphatic rings. The Balaban J connectivity index is 1.90. The van der Waals surface area contributed by atoms with Gasteiger partial charge in [0.1, 0.15) is 5.82 Å². The van der Waals surface area contributed by atoms with E-state index in [0.29, 0.717) is 43.2 Å². The second-order valence-electron chi connectivity index (χ2n) is 7.14. The molecule has 1 saturated heterocycles. The second kappa shape index (κ2) is 10.0. The molecule has 8 heteroatoms. The summed E-state index contributed by atoms with van der Waals surface area (Å²) < 4.78 is 19.8. The molecule has 1 aromatic carbocycles. The van der Waals surface area contributed by atoms with Gasteiger partial charge in [-0.1, -0.05) is 29.8 Å². The summed E-state index contributed by atoms with van der Waals surface area (Å²) in [4.78, 5) is 28.3. The van der Waals surface area contributed by atoms with Crippen LogP contribution in [0.5, 0.6) is 0 Å². The lowest BCUT2D eigenvalue weighted by Crippen LogP contribution is -2.44. The third-order valence-electron chi connectivity index (χ3n) is 4.44. The number of carbonyl (C=O) groups is 2. The van der Waals surface area contributed by atoms with Gasteiger partial charge >= 0.3 is 6.09 Å². The molecule has 1 unspecified atom stereocenters. The Morgan fingerprint density at radius 3 is 2.63 bits per heavy atom. The number of hydrogen-bond acceptors (Lipinski definition) is 4. The largest absolute Gasteiger partial charge is 0.449 e. The third kappa shape index (κ3) is 6.46. The number of rotatable bonds is 5. The minimum Gasteiger partial charge on any atom is -0.449 e. The van der Waals surface area contributed by atoms with Crippen molar-refractivity contribution < 1.29 is 18.7 Å².